The summed E-state index contributed by atoms with van der Waals surface area (Å²) < 4.78 is 0. The van der Waals surface area contributed by atoms with E-state index < -0.39 is 11.0 Å². The number of hydrogen-bond acceptors (Lipinski definition) is 3. The Morgan fingerprint density at radius 3 is 2.92 bits per heavy atom. The van der Waals surface area contributed by atoms with Crippen LogP contribution >= 0.6 is 11.6 Å². The number of dihydropyridines is 1. The number of aliphatic carboxylic acids is 1. The van der Waals surface area contributed by atoms with E-state index in [1.807, 2.05) is 0 Å². The zero-order chi connectivity index (χ0) is 9.19. The number of carboxylic acids is 1. The van der Waals surface area contributed by atoms with Gasteiger partial charge in [0, 0.05) is 0 Å². The summed E-state index contributed by atoms with van der Waals surface area (Å²) in [5, 5.41) is 19.6. The van der Waals surface area contributed by atoms with Crippen molar-refractivity contribution in [2.24, 2.45) is 0 Å². The first-order chi connectivity index (χ1) is 5.61. The molecule has 1 aliphatic heterocycles. The minimum absolute atomic E-state index is 0.0285. The molecule has 0 aromatic carbocycles. The number of nitrogens with zero attached hydrogens (tertiary/aromatic N) is 1. The van der Waals surface area contributed by atoms with Crippen molar-refractivity contribution in [3.05, 3.63) is 23.9 Å². The molecular formula is C7H5ClN2O2. The highest BCUT2D eigenvalue weighted by molar-refractivity contribution is 6.36. The lowest BCUT2D eigenvalue weighted by Gasteiger charge is -2.23. The van der Waals surface area contributed by atoms with E-state index in [2.05, 4.69) is 5.32 Å². The van der Waals surface area contributed by atoms with Gasteiger partial charge in [0.1, 0.15) is 0 Å². The molecule has 62 valence electrons. The van der Waals surface area contributed by atoms with Crippen molar-refractivity contribution in [3.8, 4) is 6.07 Å². The molecule has 2 N–H and O–H groups in total. The first kappa shape index (κ1) is 8.62. The number of alkyl halides is 1. The maximum Gasteiger partial charge on any atom is 0.350 e. The van der Waals surface area contributed by atoms with Gasteiger partial charge in [-0.2, -0.15) is 5.26 Å². The lowest BCUT2D eigenvalue weighted by Crippen LogP contribution is -2.46. The molecule has 0 saturated heterocycles. The van der Waals surface area contributed by atoms with Crippen LogP contribution in [-0.4, -0.2) is 16.1 Å². The highest BCUT2D eigenvalue weighted by Crippen LogP contribution is 2.24. The predicted molar refractivity (Wildman–Crippen MR) is 42.2 cm³/mol. The summed E-state index contributed by atoms with van der Waals surface area (Å²) >= 11 is 5.62. The quantitative estimate of drug-likeness (QED) is 0.462. The normalized spacial score (nSPS) is 26.8. The second-order valence-electron chi connectivity index (χ2n) is 2.16. The largest absolute Gasteiger partial charge is 0.478 e. The van der Waals surface area contributed by atoms with Crippen molar-refractivity contribution in [1.29, 1.82) is 5.26 Å². The first-order valence-corrected chi connectivity index (χ1v) is 3.46. The van der Waals surface area contributed by atoms with Crippen LogP contribution in [0.25, 0.3) is 0 Å². The summed E-state index contributed by atoms with van der Waals surface area (Å²) in [4.78, 5) is 8.82. The molecule has 0 bridgehead atoms. The lowest BCUT2D eigenvalue weighted by atomic mass is 10.1. The average molecular weight is 185 g/mol. The van der Waals surface area contributed by atoms with Crippen LogP contribution in [0.1, 0.15) is 0 Å². The molecule has 0 saturated carbocycles. The summed E-state index contributed by atoms with van der Waals surface area (Å²) in [5.41, 5.74) is -0.0285. The van der Waals surface area contributed by atoms with Crippen LogP contribution < -0.4 is 5.32 Å². The Hall–Kier alpha value is -1.47. The minimum atomic E-state index is -1.80. The molecule has 12 heavy (non-hydrogen) atoms. The number of nitriles is 1. The number of rotatable bonds is 1. The van der Waals surface area contributed by atoms with Crippen molar-refractivity contribution in [2.45, 2.75) is 5.00 Å². The monoisotopic (exact) mass is 184 g/mol. The predicted octanol–water partition coefficient (Wildman–Crippen LogP) is 0.573. The van der Waals surface area contributed by atoms with Crippen molar-refractivity contribution in [3.63, 3.8) is 0 Å². The zero-order valence-electron chi connectivity index (χ0n) is 5.91. The number of allylic oxidation sites excluding steroid dienone is 2. The molecule has 1 atom stereocenters. The second kappa shape index (κ2) is 2.88. The van der Waals surface area contributed by atoms with E-state index in [0.29, 0.717) is 0 Å². The van der Waals surface area contributed by atoms with Crippen molar-refractivity contribution < 1.29 is 9.90 Å². The van der Waals surface area contributed by atoms with Crippen molar-refractivity contribution in [2.75, 3.05) is 0 Å². The van der Waals surface area contributed by atoms with Crippen LogP contribution in [0.5, 0.6) is 0 Å². The molecule has 0 aromatic rings. The Bertz CT molecular complexity index is 316. The Morgan fingerprint density at radius 2 is 2.50 bits per heavy atom. The molecule has 0 aromatic heterocycles. The fourth-order valence-electron chi connectivity index (χ4n) is 0.791. The van der Waals surface area contributed by atoms with Gasteiger partial charge in [-0.15, -0.1) is 0 Å². The topological polar surface area (TPSA) is 73.1 Å². The molecular weight excluding hydrogens is 180 g/mol. The molecule has 1 unspecified atom stereocenters. The summed E-state index contributed by atoms with van der Waals surface area (Å²) in [5.74, 6) is -1.29. The maximum atomic E-state index is 10.6. The van der Waals surface area contributed by atoms with E-state index in [9.17, 15) is 4.79 Å². The molecule has 1 rings (SSSR count). The molecule has 0 amide bonds. The van der Waals surface area contributed by atoms with E-state index in [-0.39, 0.29) is 5.57 Å². The van der Waals surface area contributed by atoms with Gasteiger partial charge in [0.05, 0.1) is 11.6 Å². The van der Waals surface area contributed by atoms with E-state index in [4.69, 9.17) is 22.0 Å². The van der Waals surface area contributed by atoms with Gasteiger partial charge in [-0.3, -0.25) is 0 Å². The lowest BCUT2D eigenvalue weighted by molar-refractivity contribution is -0.139. The standard InChI is InChI=1S/C7H5ClN2O2/c8-7(6(11)12)5(4-9)2-1-3-10-7/h1-3,10H,(H,11,12). The second-order valence-corrected chi connectivity index (χ2v) is 2.73. The third-order valence-electron chi connectivity index (χ3n) is 1.43. The highest BCUT2D eigenvalue weighted by atomic mass is 35.5. The summed E-state index contributed by atoms with van der Waals surface area (Å²) in [7, 11) is 0. The number of nitrogens with one attached hydrogen (secondary N) is 1. The minimum Gasteiger partial charge on any atom is -0.478 e. The number of carboxylic acid groups (broad SMARTS) is 1. The Kier molecular flexibility index (Phi) is 2.07. The van der Waals surface area contributed by atoms with Crippen molar-refractivity contribution >= 4 is 17.6 Å². The third-order valence-corrected chi connectivity index (χ3v) is 1.90. The molecule has 4 nitrogen and oxygen atoms in total. The summed E-state index contributed by atoms with van der Waals surface area (Å²) in [6.07, 6.45) is 4.25. The molecule has 1 aliphatic rings. The average Bonchev–Trinajstić information content (AvgIpc) is 2.05. The van der Waals surface area contributed by atoms with Gasteiger partial charge in [0.15, 0.2) is 0 Å². The maximum absolute atomic E-state index is 10.6. The molecule has 1 heterocycles. The first-order valence-electron chi connectivity index (χ1n) is 3.08. The van der Waals surface area contributed by atoms with Gasteiger partial charge < -0.3 is 10.4 Å². The smallest absolute Gasteiger partial charge is 0.350 e. The van der Waals surface area contributed by atoms with E-state index in [0.717, 1.165) is 0 Å². The Balaban J connectivity index is 3.09. The van der Waals surface area contributed by atoms with Crippen LogP contribution in [0.2, 0.25) is 0 Å². The van der Waals surface area contributed by atoms with E-state index >= 15 is 0 Å². The molecule has 0 spiro atoms. The Labute approximate surface area is 73.7 Å². The summed E-state index contributed by atoms with van der Waals surface area (Å²) in [6.45, 7) is 0. The fourth-order valence-corrected chi connectivity index (χ4v) is 0.959. The van der Waals surface area contributed by atoms with Crippen molar-refractivity contribution in [1.82, 2.24) is 5.32 Å². The van der Waals surface area contributed by atoms with Crippen LogP contribution in [0.15, 0.2) is 23.9 Å². The fraction of sp³-hybridized carbons (Fsp3) is 0.143. The van der Waals surface area contributed by atoms with Crippen LogP contribution in [0, 0.1) is 11.3 Å². The van der Waals surface area contributed by atoms with Gasteiger partial charge in [0.25, 0.3) is 0 Å². The van der Waals surface area contributed by atoms with Gasteiger partial charge in [-0.1, -0.05) is 11.6 Å². The van der Waals surface area contributed by atoms with E-state index in [1.165, 1.54) is 18.4 Å². The molecule has 0 radical (unpaired) electrons. The number of hydrogen-bond donors (Lipinski definition) is 2. The molecule has 5 heteroatoms. The van der Waals surface area contributed by atoms with Gasteiger partial charge >= 0.3 is 5.97 Å². The third kappa shape index (κ3) is 1.15. The molecule has 0 fully saturated rings. The zero-order valence-corrected chi connectivity index (χ0v) is 6.67. The summed E-state index contributed by atoms with van der Waals surface area (Å²) in [6, 6.07) is 1.71. The highest BCUT2D eigenvalue weighted by Gasteiger charge is 2.40. The van der Waals surface area contributed by atoms with Crippen LogP contribution in [-0.2, 0) is 4.79 Å². The van der Waals surface area contributed by atoms with E-state index in [1.54, 1.807) is 6.07 Å². The van der Waals surface area contributed by atoms with Gasteiger partial charge in [0.2, 0.25) is 5.00 Å². The molecule has 0 aliphatic carbocycles. The Morgan fingerprint density at radius 1 is 1.83 bits per heavy atom. The van der Waals surface area contributed by atoms with Crippen LogP contribution in [0.3, 0.4) is 0 Å². The number of carbonyl (C=O) groups is 1. The van der Waals surface area contributed by atoms with Gasteiger partial charge in [-0.25, -0.2) is 4.79 Å². The van der Waals surface area contributed by atoms with Gasteiger partial charge in [-0.05, 0) is 18.4 Å². The van der Waals surface area contributed by atoms with Crippen LogP contribution in [0.4, 0.5) is 0 Å². The number of halogens is 1. The SMILES string of the molecule is N#CC1=CC=CNC1(Cl)C(=O)O.